The molecule has 2 N–H and O–H groups in total. The van der Waals surface area contributed by atoms with Gasteiger partial charge < -0.3 is 15.3 Å². The highest BCUT2D eigenvalue weighted by Gasteiger charge is 2.39. The fourth-order valence-electron chi connectivity index (χ4n) is 3.73. The van der Waals surface area contributed by atoms with Crippen LogP contribution >= 0.6 is 11.6 Å². The molecule has 0 aromatic heterocycles. The van der Waals surface area contributed by atoms with Gasteiger partial charge in [0.1, 0.15) is 6.04 Å². The second-order valence-corrected chi connectivity index (χ2v) is 7.04. The second-order valence-electron chi connectivity index (χ2n) is 6.63. The minimum absolute atomic E-state index is 0.0800. The van der Waals surface area contributed by atoms with E-state index in [-0.39, 0.29) is 23.7 Å². The number of hydrogen-bond acceptors (Lipinski definition) is 3. The van der Waals surface area contributed by atoms with Crippen molar-refractivity contribution < 1.29 is 19.5 Å². The molecule has 1 saturated heterocycles. The Balaban J connectivity index is 1.79. The monoisotopic (exact) mass is 364 g/mol. The number of carbonyl (C=O) groups is 3. The van der Waals surface area contributed by atoms with Crippen LogP contribution in [0.1, 0.15) is 37.3 Å². The summed E-state index contributed by atoms with van der Waals surface area (Å²) in [6, 6.07) is 6.32. The number of nitrogens with one attached hydrogen (secondary N) is 1. The first-order valence-electron chi connectivity index (χ1n) is 8.54. The smallest absolute Gasteiger partial charge is 0.306 e. The summed E-state index contributed by atoms with van der Waals surface area (Å²) in [5.41, 5.74) is 0.619. The molecule has 25 heavy (non-hydrogen) atoms. The Labute approximate surface area is 151 Å². The number of hydrogen-bond donors (Lipinski definition) is 2. The van der Waals surface area contributed by atoms with Crippen LogP contribution < -0.4 is 5.32 Å². The first-order chi connectivity index (χ1) is 12.0. The van der Waals surface area contributed by atoms with Gasteiger partial charge in [0.05, 0.1) is 5.92 Å². The summed E-state index contributed by atoms with van der Waals surface area (Å²) in [5, 5.41) is 12.4. The molecule has 2 fully saturated rings. The number of aliphatic carboxylic acids is 1. The van der Waals surface area contributed by atoms with Gasteiger partial charge in [-0.1, -0.05) is 29.8 Å². The minimum Gasteiger partial charge on any atom is -0.481 e. The van der Waals surface area contributed by atoms with Crippen molar-refractivity contribution >= 4 is 29.4 Å². The zero-order valence-corrected chi connectivity index (χ0v) is 14.5. The van der Waals surface area contributed by atoms with Crippen LogP contribution in [0, 0.1) is 11.8 Å². The third-order valence-electron chi connectivity index (χ3n) is 5.12. The predicted octanol–water partition coefficient (Wildman–Crippen LogP) is 2.23. The second kappa shape index (κ2) is 7.44. The summed E-state index contributed by atoms with van der Waals surface area (Å²) in [6.45, 7) is 0.843. The van der Waals surface area contributed by atoms with Gasteiger partial charge in [0.25, 0.3) is 0 Å². The zero-order chi connectivity index (χ0) is 18.0. The molecular formula is C18H21ClN2O4. The lowest BCUT2D eigenvalue weighted by Gasteiger charge is -2.38. The van der Waals surface area contributed by atoms with E-state index in [1.54, 1.807) is 29.2 Å². The summed E-state index contributed by atoms with van der Waals surface area (Å²) in [7, 11) is 0. The Morgan fingerprint density at radius 1 is 1.12 bits per heavy atom. The van der Waals surface area contributed by atoms with E-state index in [0.717, 1.165) is 0 Å². The average molecular weight is 365 g/mol. The molecule has 134 valence electrons. The number of benzene rings is 1. The van der Waals surface area contributed by atoms with Crippen molar-refractivity contribution in [1.82, 2.24) is 10.2 Å². The van der Waals surface area contributed by atoms with Crippen LogP contribution in [-0.2, 0) is 14.4 Å². The van der Waals surface area contributed by atoms with Gasteiger partial charge in [-0.15, -0.1) is 0 Å². The average Bonchev–Trinajstić information content (AvgIpc) is 2.62. The molecule has 0 radical (unpaired) electrons. The standard InChI is InChI=1S/C18H21ClN2O4/c19-14-4-2-1-3-13(14)15-16(22)20-9-10-21(15)17(23)11-5-7-12(8-6-11)18(24)25/h1-4,11-12,15H,5-10H2,(H,20,22)(H,24,25). The highest BCUT2D eigenvalue weighted by atomic mass is 35.5. The Kier molecular flexibility index (Phi) is 5.27. The predicted molar refractivity (Wildman–Crippen MR) is 92.0 cm³/mol. The van der Waals surface area contributed by atoms with Gasteiger partial charge in [-0.2, -0.15) is 0 Å². The molecule has 1 atom stereocenters. The number of carboxylic acids is 1. The Bertz CT molecular complexity index is 685. The lowest BCUT2D eigenvalue weighted by Crippen LogP contribution is -2.54. The lowest BCUT2D eigenvalue weighted by atomic mass is 9.81. The van der Waals surface area contributed by atoms with Crippen LogP contribution in [0.15, 0.2) is 24.3 Å². The largest absolute Gasteiger partial charge is 0.481 e. The van der Waals surface area contributed by atoms with Crippen LogP contribution in [0.2, 0.25) is 5.02 Å². The molecule has 1 aliphatic carbocycles. The highest BCUT2D eigenvalue weighted by Crippen LogP contribution is 2.34. The van der Waals surface area contributed by atoms with E-state index in [9.17, 15) is 14.4 Å². The normalized spacial score (nSPS) is 26.8. The number of nitrogens with zero attached hydrogens (tertiary/aromatic N) is 1. The molecule has 0 bridgehead atoms. The maximum atomic E-state index is 13.0. The van der Waals surface area contributed by atoms with Crippen molar-refractivity contribution in [2.45, 2.75) is 31.7 Å². The van der Waals surface area contributed by atoms with Gasteiger partial charge in [0.2, 0.25) is 11.8 Å². The molecule has 2 aliphatic rings. The van der Waals surface area contributed by atoms with E-state index >= 15 is 0 Å². The van der Waals surface area contributed by atoms with E-state index in [4.69, 9.17) is 16.7 Å². The fraction of sp³-hybridized carbons (Fsp3) is 0.500. The first-order valence-corrected chi connectivity index (χ1v) is 8.92. The van der Waals surface area contributed by atoms with E-state index in [0.29, 0.717) is 49.4 Å². The molecule has 0 spiro atoms. The molecule has 2 amide bonds. The SMILES string of the molecule is O=C(O)C1CCC(C(=O)N2CCNC(=O)C2c2ccccc2Cl)CC1. The van der Waals surface area contributed by atoms with Crippen molar-refractivity contribution in [1.29, 1.82) is 0 Å². The molecule has 1 aromatic carbocycles. The number of piperazine rings is 1. The Hall–Kier alpha value is -2.08. The van der Waals surface area contributed by atoms with Crippen LogP contribution in [0.4, 0.5) is 0 Å². The summed E-state index contributed by atoms with van der Waals surface area (Å²) in [5.74, 6) is -1.70. The molecule has 1 heterocycles. The molecule has 7 heteroatoms. The molecule has 3 rings (SSSR count). The van der Waals surface area contributed by atoms with E-state index in [2.05, 4.69) is 5.32 Å². The van der Waals surface area contributed by atoms with Gasteiger partial charge >= 0.3 is 5.97 Å². The number of carbonyl (C=O) groups excluding carboxylic acids is 2. The Morgan fingerprint density at radius 3 is 2.40 bits per heavy atom. The maximum absolute atomic E-state index is 13.0. The van der Waals surface area contributed by atoms with Crippen LogP contribution in [0.25, 0.3) is 0 Å². The first kappa shape index (κ1) is 17.7. The highest BCUT2D eigenvalue weighted by molar-refractivity contribution is 6.31. The fourth-order valence-corrected chi connectivity index (χ4v) is 3.97. The number of rotatable bonds is 3. The third-order valence-corrected chi connectivity index (χ3v) is 5.46. The van der Waals surface area contributed by atoms with Crippen LogP contribution in [0.5, 0.6) is 0 Å². The summed E-state index contributed by atoms with van der Waals surface area (Å²) in [4.78, 5) is 38.2. The molecule has 1 aliphatic heterocycles. The Morgan fingerprint density at radius 2 is 1.76 bits per heavy atom. The van der Waals surface area contributed by atoms with Crippen molar-refractivity contribution in [3.05, 3.63) is 34.9 Å². The van der Waals surface area contributed by atoms with E-state index < -0.39 is 12.0 Å². The van der Waals surface area contributed by atoms with Gasteiger partial charge in [-0.25, -0.2) is 0 Å². The van der Waals surface area contributed by atoms with Crippen molar-refractivity contribution in [2.24, 2.45) is 11.8 Å². The van der Waals surface area contributed by atoms with Crippen LogP contribution in [-0.4, -0.2) is 40.9 Å². The van der Waals surface area contributed by atoms with Crippen molar-refractivity contribution in [3.63, 3.8) is 0 Å². The third kappa shape index (κ3) is 3.63. The minimum atomic E-state index is -0.794. The maximum Gasteiger partial charge on any atom is 0.306 e. The zero-order valence-electron chi connectivity index (χ0n) is 13.8. The van der Waals surface area contributed by atoms with Crippen molar-refractivity contribution in [3.8, 4) is 0 Å². The van der Waals surface area contributed by atoms with Crippen LogP contribution in [0.3, 0.4) is 0 Å². The lowest BCUT2D eigenvalue weighted by molar-refractivity contribution is -0.149. The van der Waals surface area contributed by atoms with Gasteiger partial charge in [-0.3, -0.25) is 14.4 Å². The quantitative estimate of drug-likeness (QED) is 0.861. The van der Waals surface area contributed by atoms with Crippen molar-refractivity contribution in [2.75, 3.05) is 13.1 Å². The number of halogens is 1. The molecule has 1 unspecified atom stereocenters. The van der Waals surface area contributed by atoms with E-state index in [1.807, 2.05) is 0 Å². The molecule has 1 saturated carbocycles. The summed E-state index contributed by atoms with van der Waals surface area (Å²) in [6.07, 6.45) is 2.09. The summed E-state index contributed by atoms with van der Waals surface area (Å²) >= 11 is 6.25. The van der Waals surface area contributed by atoms with Gasteiger partial charge in [0.15, 0.2) is 0 Å². The number of amides is 2. The van der Waals surface area contributed by atoms with Gasteiger partial charge in [0, 0.05) is 29.6 Å². The van der Waals surface area contributed by atoms with E-state index in [1.165, 1.54) is 0 Å². The molecule has 6 nitrogen and oxygen atoms in total. The topological polar surface area (TPSA) is 86.7 Å². The van der Waals surface area contributed by atoms with Gasteiger partial charge in [-0.05, 0) is 31.7 Å². The number of carboxylic acid groups (broad SMARTS) is 1. The molecular weight excluding hydrogens is 344 g/mol. The molecule has 1 aromatic rings. The summed E-state index contributed by atoms with van der Waals surface area (Å²) < 4.78 is 0.